The van der Waals surface area contributed by atoms with Gasteiger partial charge < -0.3 is 10.4 Å². The molecule has 150 valence electrons. The van der Waals surface area contributed by atoms with E-state index < -0.39 is 5.97 Å². The van der Waals surface area contributed by atoms with E-state index in [2.05, 4.69) is 39.9 Å². The van der Waals surface area contributed by atoms with Crippen molar-refractivity contribution in [3.63, 3.8) is 0 Å². The monoisotopic (exact) mass is 397 g/mol. The Kier molecular flexibility index (Phi) is 4.61. The predicted octanol–water partition coefficient (Wildman–Crippen LogP) is 6.87. The molecule has 4 heteroatoms. The van der Waals surface area contributed by atoms with Crippen LogP contribution in [-0.4, -0.2) is 11.1 Å². The van der Waals surface area contributed by atoms with Crippen LogP contribution in [0.15, 0.2) is 24.3 Å². The number of benzene rings is 1. The van der Waals surface area contributed by atoms with Gasteiger partial charge in [0, 0.05) is 10.6 Å². The van der Waals surface area contributed by atoms with Crippen LogP contribution in [-0.2, 0) is 10.8 Å². The third-order valence-electron chi connectivity index (χ3n) is 6.89. The molecule has 2 aliphatic carbocycles. The Hall–Kier alpha value is -1.81. The van der Waals surface area contributed by atoms with Crippen molar-refractivity contribution >= 4 is 28.0 Å². The van der Waals surface area contributed by atoms with E-state index in [1.807, 2.05) is 23.5 Å². The molecule has 0 aliphatic heterocycles. The van der Waals surface area contributed by atoms with Gasteiger partial charge in [0.05, 0.1) is 10.6 Å². The van der Waals surface area contributed by atoms with Crippen molar-refractivity contribution in [3.05, 3.63) is 45.8 Å². The summed E-state index contributed by atoms with van der Waals surface area (Å²) in [7, 11) is 0. The summed E-state index contributed by atoms with van der Waals surface area (Å²) in [5, 5.41) is 13.9. The van der Waals surface area contributed by atoms with E-state index in [0.29, 0.717) is 5.56 Å². The van der Waals surface area contributed by atoms with Gasteiger partial charge in [0.25, 0.3) is 0 Å². The van der Waals surface area contributed by atoms with Crippen LogP contribution in [0.3, 0.4) is 0 Å². The van der Waals surface area contributed by atoms with Gasteiger partial charge in [-0.2, -0.15) is 0 Å². The Morgan fingerprint density at radius 2 is 1.82 bits per heavy atom. The minimum atomic E-state index is -0.889. The molecule has 1 atom stereocenters. The standard InChI is InChI=1S/C24H31NO2S/c1-14-19-20(23(2,3)13-17(24(19,4)5)12-15-6-7-15)28-21(14)25-18-10-8-16(9-11-18)22(26)27/h8-11,15,17,25H,6-7,12-13H2,1-5H3,(H,26,27). The molecular formula is C24H31NO2S. The first-order valence-electron chi connectivity index (χ1n) is 10.3. The van der Waals surface area contributed by atoms with E-state index in [-0.39, 0.29) is 10.8 Å². The molecule has 2 aromatic rings. The van der Waals surface area contributed by atoms with E-state index in [9.17, 15) is 4.79 Å². The minimum Gasteiger partial charge on any atom is -0.478 e. The molecule has 1 saturated carbocycles. The van der Waals surface area contributed by atoms with Crippen LogP contribution in [0, 0.1) is 18.8 Å². The van der Waals surface area contributed by atoms with Gasteiger partial charge in [-0.05, 0) is 77.8 Å². The maximum Gasteiger partial charge on any atom is 0.335 e. The van der Waals surface area contributed by atoms with Crippen molar-refractivity contribution in [1.82, 2.24) is 0 Å². The van der Waals surface area contributed by atoms with E-state index in [0.717, 1.165) is 17.5 Å². The molecular weight excluding hydrogens is 366 g/mol. The van der Waals surface area contributed by atoms with Crippen molar-refractivity contribution in [2.24, 2.45) is 11.8 Å². The van der Waals surface area contributed by atoms with Gasteiger partial charge >= 0.3 is 5.97 Å². The van der Waals surface area contributed by atoms with Crippen LogP contribution in [0.5, 0.6) is 0 Å². The van der Waals surface area contributed by atoms with Crippen LogP contribution < -0.4 is 5.32 Å². The lowest BCUT2D eigenvalue weighted by Crippen LogP contribution is -2.41. The molecule has 0 bridgehead atoms. The Bertz CT molecular complexity index is 903. The molecule has 0 spiro atoms. The first-order chi connectivity index (χ1) is 13.1. The van der Waals surface area contributed by atoms with E-state index >= 15 is 0 Å². The molecule has 0 amide bonds. The summed E-state index contributed by atoms with van der Waals surface area (Å²) in [6.45, 7) is 11.9. The van der Waals surface area contributed by atoms with Crippen LogP contribution in [0.1, 0.15) is 79.7 Å². The maximum atomic E-state index is 11.1. The molecule has 3 nitrogen and oxygen atoms in total. The number of fused-ring (bicyclic) bond motifs is 1. The van der Waals surface area contributed by atoms with Crippen LogP contribution in [0.2, 0.25) is 0 Å². The number of thiophene rings is 1. The summed E-state index contributed by atoms with van der Waals surface area (Å²) < 4.78 is 0. The lowest BCUT2D eigenvalue weighted by molar-refractivity contribution is 0.0697. The minimum absolute atomic E-state index is 0.196. The van der Waals surface area contributed by atoms with E-state index in [4.69, 9.17) is 5.11 Å². The number of anilines is 2. The molecule has 4 rings (SSSR count). The average Bonchev–Trinajstić information content (AvgIpc) is 3.36. The Balaban J connectivity index is 1.69. The van der Waals surface area contributed by atoms with Crippen molar-refractivity contribution in [1.29, 1.82) is 0 Å². The molecule has 2 aliphatic rings. The largest absolute Gasteiger partial charge is 0.478 e. The number of aromatic carboxylic acids is 1. The highest BCUT2D eigenvalue weighted by Gasteiger charge is 2.48. The van der Waals surface area contributed by atoms with E-state index in [1.54, 1.807) is 17.7 Å². The van der Waals surface area contributed by atoms with E-state index in [1.165, 1.54) is 41.1 Å². The smallest absolute Gasteiger partial charge is 0.335 e. The highest BCUT2D eigenvalue weighted by atomic mass is 32.1. The summed E-state index contributed by atoms with van der Waals surface area (Å²) in [4.78, 5) is 12.6. The number of rotatable bonds is 5. The quantitative estimate of drug-likeness (QED) is 0.578. The topological polar surface area (TPSA) is 49.3 Å². The second kappa shape index (κ2) is 6.62. The fourth-order valence-corrected chi connectivity index (χ4v) is 6.52. The zero-order valence-corrected chi connectivity index (χ0v) is 18.4. The van der Waals surface area contributed by atoms with Gasteiger partial charge in [-0.15, -0.1) is 11.3 Å². The second-order valence-electron chi connectivity index (χ2n) is 9.95. The number of hydrogen-bond donors (Lipinski definition) is 2. The van der Waals surface area contributed by atoms with Crippen LogP contribution in [0.4, 0.5) is 10.7 Å². The molecule has 2 N–H and O–H groups in total. The molecule has 1 heterocycles. The molecule has 28 heavy (non-hydrogen) atoms. The molecule has 1 unspecified atom stereocenters. The average molecular weight is 398 g/mol. The summed E-state index contributed by atoms with van der Waals surface area (Å²) in [6.07, 6.45) is 5.46. The number of carbonyl (C=O) groups is 1. The van der Waals surface area contributed by atoms with Gasteiger partial charge in [-0.25, -0.2) is 4.79 Å². The summed E-state index contributed by atoms with van der Waals surface area (Å²) in [6, 6.07) is 7.03. The lowest BCUT2D eigenvalue weighted by atomic mass is 9.58. The predicted molar refractivity (Wildman–Crippen MR) is 117 cm³/mol. The third kappa shape index (κ3) is 3.36. The van der Waals surface area contributed by atoms with Gasteiger partial charge in [0.15, 0.2) is 0 Å². The Morgan fingerprint density at radius 3 is 2.39 bits per heavy atom. The Labute approximate surface area is 172 Å². The third-order valence-corrected chi connectivity index (χ3v) is 8.46. The van der Waals surface area contributed by atoms with Gasteiger partial charge in [0.2, 0.25) is 0 Å². The summed E-state index contributed by atoms with van der Waals surface area (Å²) in [5.74, 6) is 0.795. The first kappa shape index (κ1) is 19.5. The van der Waals surface area contributed by atoms with Crippen molar-refractivity contribution in [3.8, 4) is 0 Å². The summed E-state index contributed by atoms with van der Waals surface area (Å²) in [5.41, 5.74) is 4.56. The first-order valence-corrected chi connectivity index (χ1v) is 11.2. The van der Waals surface area contributed by atoms with Gasteiger partial charge in [0.1, 0.15) is 0 Å². The zero-order chi connectivity index (χ0) is 20.3. The molecule has 0 radical (unpaired) electrons. The number of carboxylic acid groups (broad SMARTS) is 1. The Morgan fingerprint density at radius 1 is 1.18 bits per heavy atom. The normalized spacial score (nSPS) is 22.5. The van der Waals surface area contributed by atoms with Crippen LogP contribution in [0.25, 0.3) is 0 Å². The second-order valence-corrected chi connectivity index (χ2v) is 11.0. The zero-order valence-electron chi connectivity index (χ0n) is 17.6. The molecule has 1 fully saturated rings. The van der Waals surface area contributed by atoms with Crippen LogP contribution >= 0.6 is 11.3 Å². The highest BCUT2D eigenvalue weighted by molar-refractivity contribution is 7.16. The SMILES string of the molecule is Cc1c(Nc2ccc(C(=O)O)cc2)sc2c1C(C)(C)C(CC1CC1)CC2(C)C. The number of hydrogen-bond acceptors (Lipinski definition) is 3. The molecule has 1 aromatic heterocycles. The number of nitrogens with one attached hydrogen (secondary N) is 1. The lowest BCUT2D eigenvalue weighted by Gasteiger charge is -2.46. The molecule has 1 aromatic carbocycles. The van der Waals surface area contributed by atoms with Crippen molar-refractivity contribution < 1.29 is 9.90 Å². The van der Waals surface area contributed by atoms with Crippen molar-refractivity contribution in [2.45, 2.75) is 71.1 Å². The fourth-order valence-electron chi connectivity index (χ4n) is 5.01. The number of carboxylic acids is 1. The molecule has 0 saturated heterocycles. The van der Waals surface area contributed by atoms with Gasteiger partial charge in [-0.1, -0.05) is 40.5 Å². The highest BCUT2D eigenvalue weighted by Crippen LogP contribution is 2.58. The fraction of sp³-hybridized carbons (Fsp3) is 0.542. The maximum absolute atomic E-state index is 11.1. The van der Waals surface area contributed by atoms with Gasteiger partial charge in [-0.3, -0.25) is 0 Å². The summed E-state index contributed by atoms with van der Waals surface area (Å²) >= 11 is 1.89. The van der Waals surface area contributed by atoms with Crippen molar-refractivity contribution in [2.75, 3.05) is 5.32 Å².